The van der Waals surface area contributed by atoms with Gasteiger partial charge in [0.15, 0.2) is 0 Å². The van der Waals surface area contributed by atoms with Crippen LogP contribution in [0, 0.1) is 0 Å². The Hall–Kier alpha value is -1.50. The molecule has 0 saturated heterocycles. The summed E-state index contributed by atoms with van der Waals surface area (Å²) in [6, 6.07) is 0. The van der Waals surface area contributed by atoms with Gasteiger partial charge >= 0.3 is 0 Å². The van der Waals surface area contributed by atoms with Gasteiger partial charge in [-0.2, -0.15) is 0 Å². The van der Waals surface area contributed by atoms with Crippen molar-refractivity contribution in [2.24, 2.45) is 0 Å². The zero-order valence-corrected chi connectivity index (χ0v) is 10.5. The van der Waals surface area contributed by atoms with E-state index in [1.165, 1.54) is 6.33 Å². The number of aromatic nitrogens is 2. The molecule has 0 aliphatic heterocycles. The number of hydrogen-bond acceptors (Lipinski definition) is 5. The first-order valence-electron chi connectivity index (χ1n) is 5.72. The molecule has 0 aromatic carbocycles. The summed E-state index contributed by atoms with van der Waals surface area (Å²) in [6.45, 7) is 3.99. The van der Waals surface area contributed by atoms with Crippen molar-refractivity contribution in [2.45, 2.75) is 26.2 Å². The van der Waals surface area contributed by atoms with E-state index in [9.17, 15) is 8.78 Å². The lowest BCUT2D eigenvalue weighted by Crippen LogP contribution is -2.16. The van der Waals surface area contributed by atoms with Crippen LogP contribution in [0.4, 0.5) is 20.4 Å². The van der Waals surface area contributed by atoms with E-state index in [0.717, 1.165) is 5.56 Å². The van der Waals surface area contributed by atoms with Crippen molar-refractivity contribution in [3.05, 3.63) is 11.9 Å². The van der Waals surface area contributed by atoms with Crippen LogP contribution >= 0.6 is 0 Å². The number of ether oxygens (including phenoxy) is 1. The van der Waals surface area contributed by atoms with Crippen molar-refractivity contribution >= 4 is 11.6 Å². The summed E-state index contributed by atoms with van der Waals surface area (Å²) in [5.74, 6) is 1.23. The standard InChI is InChI=1S/C11H18F2N4O/c1-7(2)9-10(14)16-6-17-11(9)15-3-4-18-5-8(12)13/h6-8H,3-5H2,1-2H3,(H3,14,15,16,17). The number of nitrogens with two attached hydrogens (primary N) is 1. The summed E-state index contributed by atoms with van der Waals surface area (Å²) >= 11 is 0. The average molecular weight is 260 g/mol. The van der Waals surface area contributed by atoms with Crippen LogP contribution in [-0.2, 0) is 4.74 Å². The van der Waals surface area contributed by atoms with Gasteiger partial charge in [0.25, 0.3) is 6.43 Å². The van der Waals surface area contributed by atoms with E-state index < -0.39 is 13.0 Å². The Morgan fingerprint density at radius 3 is 2.72 bits per heavy atom. The first kappa shape index (κ1) is 14.6. The van der Waals surface area contributed by atoms with Crippen molar-refractivity contribution < 1.29 is 13.5 Å². The lowest BCUT2D eigenvalue weighted by Gasteiger charge is -2.14. The Kier molecular flexibility index (Phi) is 5.70. The number of nitrogens with one attached hydrogen (secondary N) is 1. The van der Waals surface area contributed by atoms with Crippen molar-refractivity contribution in [1.82, 2.24) is 9.97 Å². The summed E-state index contributed by atoms with van der Waals surface area (Å²) < 4.78 is 28.4. The number of rotatable bonds is 7. The fraction of sp³-hybridized carbons (Fsp3) is 0.636. The molecular weight excluding hydrogens is 242 g/mol. The minimum absolute atomic E-state index is 0.177. The van der Waals surface area contributed by atoms with Crippen LogP contribution in [0.25, 0.3) is 0 Å². The third-order valence-corrected chi connectivity index (χ3v) is 2.27. The highest BCUT2D eigenvalue weighted by molar-refractivity contribution is 5.56. The maximum Gasteiger partial charge on any atom is 0.261 e. The van der Waals surface area contributed by atoms with Crippen LogP contribution in [0.5, 0.6) is 0 Å². The van der Waals surface area contributed by atoms with E-state index in [2.05, 4.69) is 15.3 Å². The average Bonchev–Trinajstić information content (AvgIpc) is 2.27. The summed E-state index contributed by atoms with van der Waals surface area (Å²) in [7, 11) is 0. The highest BCUT2D eigenvalue weighted by Crippen LogP contribution is 2.25. The molecule has 0 atom stereocenters. The zero-order valence-electron chi connectivity index (χ0n) is 10.5. The van der Waals surface area contributed by atoms with Gasteiger partial charge in [-0.05, 0) is 5.92 Å². The molecule has 0 aliphatic carbocycles. The molecule has 0 bridgehead atoms. The Bertz CT molecular complexity index is 374. The molecule has 18 heavy (non-hydrogen) atoms. The molecular formula is C11H18F2N4O. The van der Waals surface area contributed by atoms with Crippen molar-refractivity contribution in [1.29, 1.82) is 0 Å². The van der Waals surface area contributed by atoms with Crippen LogP contribution in [0.2, 0.25) is 0 Å². The number of anilines is 2. The van der Waals surface area contributed by atoms with Gasteiger partial charge in [-0.25, -0.2) is 18.7 Å². The second-order valence-corrected chi connectivity index (χ2v) is 4.07. The van der Waals surface area contributed by atoms with E-state index in [1.807, 2.05) is 13.8 Å². The van der Waals surface area contributed by atoms with E-state index in [1.54, 1.807) is 0 Å². The van der Waals surface area contributed by atoms with Gasteiger partial charge in [0.2, 0.25) is 0 Å². The van der Waals surface area contributed by atoms with Gasteiger partial charge in [-0.15, -0.1) is 0 Å². The number of nitrogen functional groups attached to an aromatic ring is 1. The smallest absolute Gasteiger partial charge is 0.261 e. The summed E-state index contributed by atoms with van der Waals surface area (Å²) in [5.41, 5.74) is 6.60. The largest absolute Gasteiger partial charge is 0.383 e. The third kappa shape index (κ3) is 4.40. The molecule has 1 aromatic heterocycles. The molecule has 0 aliphatic rings. The van der Waals surface area contributed by atoms with Gasteiger partial charge in [0.05, 0.1) is 6.61 Å². The Morgan fingerprint density at radius 2 is 2.11 bits per heavy atom. The predicted octanol–water partition coefficient (Wildman–Crippen LogP) is 1.88. The zero-order chi connectivity index (χ0) is 13.5. The molecule has 0 saturated carbocycles. The molecule has 5 nitrogen and oxygen atoms in total. The second-order valence-electron chi connectivity index (χ2n) is 4.07. The fourth-order valence-corrected chi connectivity index (χ4v) is 1.53. The Labute approximate surface area is 105 Å². The topological polar surface area (TPSA) is 73.1 Å². The molecule has 1 rings (SSSR count). The van der Waals surface area contributed by atoms with E-state index in [-0.39, 0.29) is 12.5 Å². The van der Waals surface area contributed by atoms with Crippen molar-refractivity contribution in [2.75, 3.05) is 30.8 Å². The number of hydrogen-bond donors (Lipinski definition) is 2. The second kappa shape index (κ2) is 7.05. The minimum atomic E-state index is -2.44. The van der Waals surface area contributed by atoms with E-state index >= 15 is 0 Å². The third-order valence-electron chi connectivity index (χ3n) is 2.27. The van der Waals surface area contributed by atoms with Crippen LogP contribution < -0.4 is 11.1 Å². The van der Waals surface area contributed by atoms with E-state index in [0.29, 0.717) is 18.2 Å². The van der Waals surface area contributed by atoms with Crippen LogP contribution in [0.15, 0.2) is 6.33 Å². The summed E-state index contributed by atoms with van der Waals surface area (Å²) in [4.78, 5) is 8.01. The fourth-order valence-electron chi connectivity index (χ4n) is 1.53. The van der Waals surface area contributed by atoms with Crippen LogP contribution in [-0.4, -0.2) is 36.2 Å². The molecule has 0 fully saturated rings. The molecule has 0 amide bonds. The Balaban J connectivity index is 2.49. The predicted molar refractivity (Wildman–Crippen MR) is 65.8 cm³/mol. The van der Waals surface area contributed by atoms with Gasteiger partial charge < -0.3 is 15.8 Å². The molecule has 1 heterocycles. The monoisotopic (exact) mass is 260 g/mol. The van der Waals surface area contributed by atoms with Crippen molar-refractivity contribution in [3.63, 3.8) is 0 Å². The van der Waals surface area contributed by atoms with Crippen LogP contribution in [0.1, 0.15) is 25.3 Å². The van der Waals surface area contributed by atoms with Crippen molar-refractivity contribution in [3.8, 4) is 0 Å². The van der Waals surface area contributed by atoms with Gasteiger partial charge in [-0.3, -0.25) is 0 Å². The van der Waals surface area contributed by atoms with Crippen LogP contribution in [0.3, 0.4) is 0 Å². The lowest BCUT2D eigenvalue weighted by atomic mass is 10.0. The molecule has 102 valence electrons. The highest BCUT2D eigenvalue weighted by atomic mass is 19.3. The maximum atomic E-state index is 11.8. The molecule has 3 N–H and O–H groups in total. The molecule has 0 spiro atoms. The lowest BCUT2D eigenvalue weighted by molar-refractivity contribution is 0.0214. The van der Waals surface area contributed by atoms with Gasteiger partial charge in [0.1, 0.15) is 24.6 Å². The molecule has 0 unspecified atom stereocenters. The maximum absolute atomic E-state index is 11.8. The quantitative estimate of drug-likeness (QED) is 0.732. The number of nitrogens with zero attached hydrogens (tertiary/aromatic N) is 2. The van der Waals surface area contributed by atoms with E-state index in [4.69, 9.17) is 10.5 Å². The minimum Gasteiger partial charge on any atom is -0.383 e. The van der Waals surface area contributed by atoms with Gasteiger partial charge in [-0.1, -0.05) is 13.8 Å². The number of halogens is 2. The summed E-state index contributed by atoms with van der Waals surface area (Å²) in [6.07, 6.45) is -1.07. The van der Waals surface area contributed by atoms with Gasteiger partial charge in [0, 0.05) is 12.1 Å². The Morgan fingerprint density at radius 1 is 1.39 bits per heavy atom. The highest BCUT2D eigenvalue weighted by Gasteiger charge is 2.12. The molecule has 1 aromatic rings. The first-order chi connectivity index (χ1) is 8.52. The first-order valence-corrected chi connectivity index (χ1v) is 5.72. The molecule has 0 radical (unpaired) electrons. The SMILES string of the molecule is CC(C)c1c(N)ncnc1NCCOCC(F)F. The normalized spacial score (nSPS) is 11.2. The summed E-state index contributed by atoms with van der Waals surface area (Å²) in [5, 5.41) is 3.01. The number of alkyl halides is 2. The molecule has 7 heteroatoms.